The van der Waals surface area contributed by atoms with Crippen LogP contribution in [0.15, 0.2) is 70.5 Å². The van der Waals surface area contributed by atoms with E-state index in [0.29, 0.717) is 13.2 Å². The largest absolute Gasteiger partial charge is 0.396 e. The highest BCUT2D eigenvalue weighted by Gasteiger charge is 2.42. The van der Waals surface area contributed by atoms with Gasteiger partial charge in [0.25, 0.3) is 0 Å². The van der Waals surface area contributed by atoms with Gasteiger partial charge in [0.2, 0.25) is 0 Å². The third-order valence-corrected chi connectivity index (χ3v) is 9.09. The molecule has 1 fully saturated rings. The van der Waals surface area contributed by atoms with Gasteiger partial charge in [-0.3, -0.25) is 0 Å². The Balaban J connectivity index is 2.03. The molecule has 0 aliphatic carbocycles. The number of rotatable bonds is 6. The maximum absolute atomic E-state index is 9.63. The van der Waals surface area contributed by atoms with Gasteiger partial charge in [-0.1, -0.05) is 46.7 Å². The quantitative estimate of drug-likeness (QED) is 0.770. The first kappa shape index (κ1) is 19.4. The predicted octanol–water partition coefficient (Wildman–Crippen LogP) is 5.04. The maximum Gasteiger partial charge on any atom is 0.0871 e. The van der Waals surface area contributed by atoms with Crippen molar-refractivity contribution in [2.24, 2.45) is 5.92 Å². The fraction of sp³-hybridized carbons (Fsp3) is 0.455. The normalized spacial score (nSPS) is 21.7. The number of hydrogen-bond acceptors (Lipinski definition) is 3. The number of benzene rings is 2. The van der Waals surface area contributed by atoms with Crippen molar-refractivity contribution in [3.05, 3.63) is 60.7 Å². The highest BCUT2D eigenvalue weighted by atomic mass is 32.3. The van der Waals surface area contributed by atoms with Crippen LogP contribution in [0.5, 0.6) is 0 Å². The van der Waals surface area contributed by atoms with E-state index in [2.05, 4.69) is 69.3 Å². The molecule has 1 aliphatic heterocycles. The number of ether oxygens (including phenoxy) is 1. The molecule has 2 aromatic rings. The Kier molecular flexibility index (Phi) is 6.08. The van der Waals surface area contributed by atoms with Crippen LogP contribution in [0.4, 0.5) is 0 Å². The second kappa shape index (κ2) is 8.13. The summed E-state index contributed by atoms with van der Waals surface area (Å²) in [4.78, 5) is 2.44. The van der Waals surface area contributed by atoms with Crippen LogP contribution in [0.25, 0.3) is 0 Å². The molecule has 26 heavy (non-hydrogen) atoms. The van der Waals surface area contributed by atoms with Gasteiger partial charge in [-0.15, -0.1) is 0 Å². The molecular formula is C22H30O3S. The smallest absolute Gasteiger partial charge is 0.0871 e. The van der Waals surface area contributed by atoms with E-state index in [0.717, 1.165) is 6.42 Å². The van der Waals surface area contributed by atoms with Crippen LogP contribution in [-0.2, 0) is 8.92 Å². The van der Waals surface area contributed by atoms with Crippen LogP contribution in [-0.4, -0.2) is 35.8 Å². The molecule has 0 radical (unpaired) electrons. The van der Waals surface area contributed by atoms with Gasteiger partial charge in [0.15, 0.2) is 0 Å². The molecule has 1 unspecified atom stereocenters. The Labute approximate surface area is 158 Å². The molecule has 1 N–H and O–H groups in total. The standard InChI is InChI=1S/C22H30O3S/c1-22(2,3)26(19-10-6-4-7-11-19,20-12-8-5-9-13-20)25-17-21-18(16-23)14-15-24-21/h4-13,18,21,23H,14-17H2,1-3H3/t18-,21?/m1/s1. The summed E-state index contributed by atoms with van der Waals surface area (Å²) >= 11 is 0. The lowest BCUT2D eigenvalue weighted by atomic mass is 10.0. The van der Waals surface area contributed by atoms with Crippen molar-refractivity contribution in [2.45, 2.75) is 47.8 Å². The summed E-state index contributed by atoms with van der Waals surface area (Å²) < 4.78 is 12.6. The van der Waals surface area contributed by atoms with E-state index >= 15 is 0 Å². The fourth-order valence-corrected chi connectivity index (χ4v) is 7.37. The number of aliphatic hydroxyl groups is 1. The minimum atomic E-state index is -1.75. The summed E-state index contributed by atoms with van der Waals surface area (Å²) in [7, 11) is -1.75. The van der Waals surface area contributed by atoms with E-state index in [1.54, 1.807) is 0 Å². The molecule has 0 bridgehead atoms. The van der Waals surface area contributed by atoms with Gasteiger partial charge in [-0.25, -0.2) is 0 Å². The second-order valence-electron chi connectivity index (χ2n) is 7.72. The molecular weight excluding hydrogens is 344 g/mol. The summed E-state index contributed by atoms with van der Waals surface area (Å²) in [6.07, 6.45) is 0.862. The topological polar surface area (TPSA) is 38.7 Å². The molecule has 2 atom stereocenters. The van der Waals surface area contributed by atoms with Gasteiger partial charge in [-0.05, 0) is 51.5 Å². The highest BCUT2D eigenvalue weighted by Crippen LogP contribution is 2.71. The Morgan fingerprint density at radius 3 is 2.00 bits per heavy atom. The van der Waals surface area contributed by atoms with Crippen molar-refractivity contribution >= 4 is 10.3 Å². The van der Waals surface area contributed by atoms with Crippen molar-refractivity contribution in [3.8, 4) is 0 Å². The van der Waals surface area contributed by atoms with Crippen LogP contribution in [0.2, 0.25) is 0 Å². The molecule has 0 spiro atoms. The van der Waals surface area contributed by atoms with E-state index in [9.17, 15) is 5.11 Å². The van der Waals surface area contributed by atoms with Gasteiger partial charge in [0.1, 0.15) is 0 Å². The van der Waals surface area contributed by atoms with Crippen LogP contribution >= 0.6 is 10.3 Å². The second-order valence-corrected chi connectivity index (χ2v) is 11.2. The van der Waals surface area contributed by atoms with Gasteiger partial charge >= 0.3 is 0 Å². The minimum absolute atomic E-state index is 0.0401. The Hall–Kier alpha value is -1.33. The maximum atomic E-state index is 9.63. The van der Waals surface area contributed by atoms with Crippen molar-refractivity contribution in [2.75, 3.05) is 19.8 Å². The minimum Gasteiger partial charge on any atom is -0.396 e. The lowest BCUT2D eigenvalue weighted by molar-refractivity contribution is 0.0382. The summed E-state index contributed by atoms with van der Waals surface area (Å²) in [5.74, 6) is 0.165. The average molecular weight is 375 g/mol. The molecule has 0 amide bonds. The molecule has 0 saturated carbocycles. The highest BCUT2D eigenvalue weighted by molar-refractivity contribution is 8.31. The molecule has 4 heteroatoms. The van der Waals surface area contributed by atoms with Gasteiger partial charge in [0.05, 0.1) is 12.7 Å². The molecule has 1 aliphatic rings. The molecule has 1 heterocycles. The third kappa shape index (κ3) is 3.70. The molecule has 142 valence electrons. The van der Waals surface area contributed by atoms with Crippen LogP contribution in [0.1, 0.15) is 27.2 Å². The van der Waals surface area contributed by atoms with Crippen LogP contribution in [0.3, 0.4) is 0 Å². The first-order valence-corrected chi connectivity index (χ1v) is 10.8. The van der Waals surface area contributed by atoms with Gasteiger partial charge < -0.3 is 14.0 Å². The molecule has 3 nitrogen and oxygen atoms in total. The third-order valence-electron chi connectivity index (χ3n) is 5.00. The predicted molar refractivity (Wildman–Crippen MR) is 108 cm³/mol. The van der Waals surface area contributed by atoms with E-state index in [4.69, 9.17) is 8.92 Å². The van der Waals surface area contributed by atoms with Crippen molar-refractivity contribution in [1.29, 1.82) is 0 Å². The van der Waals surface area contributed by atoms with Gasteiger partial charge in [-0.2, -0.15) is 0 Å². The molecule has 1 saturated heterocycles. The molecule has 0 aromatic heterocycles. The SMILES string of the molecule is CC(C)(C)S(OCC1OCC[C@@H]1CO)(c1ccccc1)c1ccccc1. The number of aliphatic hydroxyl groups excluding tert-OH is 1. The van der Waals surface area contributed by atoms with Crippen molar-refractivity contribution in [1.82, 2.24) is 0 Å². The summed E-state index contributed by atoms with van der Waals surface area (Å²) in [6.45, 7) is 8.11. The van der Waals surface area contributed by atoms with Crippen molar-refractivity contribution < 1.29 is 14.0 Å². The zero-order chi connectivity index (χ0) is 18.6. The zero-order valence-corrected chi connectivity index (χ0v) is 16.7. The van der Waals surface area contributed by atoms with Gasteiger partial charge in [0, 0.05) is 33.7 Å². The lowest BCUT2D eigenvalue weighted by Gasteiger charge is -2.50. The Morgan fingerprint density at radius 2 is 1.54 bits per heavy atom. The average Bonchev–Trinajstić information content (AvgIpc) is 3.10. The first-order chi connectivity index (χ1) is 12.5. The van der Waals surface area contributed by atoms with Crippen molar-refractivity contribution in [3.63, 3.8) is 0 Å². The Morgan fingerprint density at radius 1 is 1.00 bits per heavy atom. The zero-order valence-electron chi connectivity index (χ0n) is 15.9. The van der Waals surface area contributed by atoms with E-state index in [1.165, 1.54) is 9.79 Å². The molecule has 3 rings (SSSR count). The van der Waals surface area contributed by atoms with E-state index in [-0.39, 0.29) is 23.4 Å². The van der Waals surface area contributed by atoms with Crippen LogP contribution in [0, 0.1) is 5.92 Å². The first-order valence-electron chi connectivity index (χ1n) is 9.29. The lowest BCUT2D eigenvalue weighted by Crippen LogP contribution is -2.32. The number of hydrogen-bond donors (Lipinski definition) is 1. The van der Waals surface area contributed by atoms with Crippen LogP contribution < -0.4 is 0 Å². The fourth-order valence-electron chi connectivity index (χ4n) is 3.64. The Bertz CT molecular complexity index is 642. The summed E-state index contributed by atoms with van der Waals surface area (Å²) in [5.41, 5.74) is 0. The summed E-state index contributed by atoms with van der Waals surface area (Å²) in [5, 5.41) is 9.63. The monoisotopic (exact) mass is 374 g/mol. The summed E-state index contributed by atoms with van der Waals surface area (Å²) in [6, 6.07) is 21.1. The molecule has 2 aromatic carbocycles. The van der Waals surface area contributed by atoms with E-state index in [1.807, 2.05) is 12.1 Å². The van der Waals surface area contributed by atoms with E-state index < -0.39 is 10.3 Å².